The Bertz CT molecular complexity index is 431. The van der Waals surface area contributed by atoms with Crippen LogP contribution in [0.1, 0.15) is 28.9 Å². The minimum Gasteiger partial charge on any atom is -0.377 e. The summed E-state index contributed by atoms with van der Waals surface area (Å²) < 4.78 is 5.69. The van der Waals surface area contributed by atoms with Crippen molar-refractivity contribution in [2.24, 2.45) is 0 Å². The van der Waals surface area contributed by atoms with Crippen molar-refractivity contribution < 1.29 is 9.53 Å². The van der Waals surface area contributed by atoms with Gasteiger partial charge in [0.1, 0.15) is 0 Å². The van der Waals surface area contributed by atoms with Gasteiger partial charge in [0.2, 0.25) is 0 Å². The normalized spacial score (nSPS) is 16.6. The van der Waals surface area contributed by atoms with Crippen molar-refractivity contribution in [1.29, 1.82) is 0 Å². The highest BCUT2D eigenvalue weighted by Crippen LogP contribution is 2.17. The first-order chi connectivity index (χ1) is 9.22. The number of hydrogen-bond donors (Lipinski definition) is 0. The maximum atomic E-state index is 12.4. The van der Waals surface area contributed by atoms with Gasteiger partial charge in [-0.2, -0.15) is 0 Å². The van der Waals surface area contributed by atoms with Crippen LogP contribution in [0.5, 0.6) is 0 Å². The highest BCUT2D eigenvalue weighted by Gasteiger charge is 2.24. The first kappa shape index (κ1) is 14.5. The van der Waals surface area contributed by atoms with E-state index in [-0.39, 0.29) is 12.0 Å². The first-order valence-corrected chi connectivity index (χ1v) is 7.73. The minimum absolute atomic E-state index is 0.0875. The van der Waals surface area contributed by atoms with E-state index in [0.717, 1.165) is 43.6 Å². The van der Waals surface area contributed by atoms with Gasteiger partial charge >= 0.3 is 0 Å². The molecule has 0 saturated carbocycles. The summed E-state index contributed by atoms with van der Waals surface area (Å²) in [6, 6.07) is 3.66. The molecule has 1 aliphatic heterocycles. The van der Waals surface area contributed by atoms with E-state index in [1.807, 2.05) is 24.0 Å². The second kappa shape index (κ2) is 7.01. The van der Waals surface area contributed by atoms with Gasteiger partial charge in [-0.3, -0.25) is 9.78 Å². The van der Waals surface area contributed by atoms with Crippen molar-refractivity contribution in [3.8, 4) is 0 Å². The lowest BCUT2D eigenvalue weighted by Gasteiger charge is -2.32. The number of likely N-dealkylation sites (tertiary alicyclic amines) is 1. The van der Waals surface area contributed by atoms with E-state index in [1.54, 1.807) is 6.20 Å². The van der Waals surface area contributed by atoms with Crippen molar-refractivity contribution in [2.75, 3.05) is 25.0 Å². The molecule has 0 spiro atoms. The largest absolute Gasteiger partial charge is 0.377 e. The van der Waals surface area contributed by atoms with Crippen molar-refractivity contribution in [3.63, 3.8) is 0 Å². The molecule has 19 heavy (non-hydrogen) atoms. The summed E-state index contributed by atoms with van der Waals surface area (Å²) in [5, 5.41) is 0.862. The van der Waals surface area contributed by atoms with Crippen LogP contribution in [0.3, 0.4) is 0 Å². The van der Waals surface area contributed by atoms with Crippen LogP contribution >= 0.6 is 15.9 Å². The van der Waals surface area contributed by atoms with Crippen LogP contribution < -0.4 is 0 Å². The van der Waals surface area contributed by atoms with Crippen LogP contribution in [0.4, 0.5) is 0 Å². The summed E-state index contributed by atoms with van der Waals surface area (Å²) in [6.07, 6.45) is 3.83. The maximum Gasteiger partial charge on any atom is 0.255 e. The molecule has 0 radical (unpaired) electrons. The number of piperidine rings is 1. The Balaban J connectivity index is 1.91. The van der Waals surface area contributed by atoms with Gasteiger partial charge in [-0.1, -0.05) is 15.9 Å². The van der Waals surface area contributed by atoms with Gasteiger partial charge in [0.25, 0.3) is 5.91 Å². The van der Waals surface area contributed by atoms with Gasteiger partial charge < -0.3 is 9.64 Å². The molecule has 0 N–H and O–H groups in total. The summed E-state index contributed by atoms with van der Waals surface area (Å²) in [4.78, 5) is 18.5. The van der Waals surface area contributed by atoms with E-state index < -0.39 is 0 Å². The van der Waals surface area contributed by atoms with Gasteiger partial charge in [-0.05, 0) is 31.9 Å². The van der Waals surface area contributed by atoms with Gasteiger partial charge in [-0.25, -0.2) is 0 Å². The number of rotatable bonds is 4. The molecule has 1 amide bonds. The Hall–Kier alpha value is -0.940. The van der Waals surface area contributed by atoms with Gasteiger partial charge in [0.05, 0.1) is 18.3 Å². The number of amides is 1. The zero-order valence-electron chi connectivity index (χ0n) is 11.1. The molecule has 1 aliphatic rings. The third kappa shape index (κ3) is 3.76. The monoisotopic (exact) mass is 326 g/mol. The number of aryl methyl sites for hydroxylation is 1. The van der Waals surface area contributed by atoms with Crippen molar-refractivity contribution in [3.05, 3.63) is 29.6 Å². The number of carbonyl (C=O) groups is 1. The average molecular weight is 327 g/mol. The number of nitrogens with zero attached hydrogens (tertiary/aromatic N) is 2. The molecule has 4 nitrogen and oxygen atoms in total. The predicted octanol–water partition coefficient (Wildman–Crippen LogP) is 2.41. The molecule has 1 saturated heterocycles. The molecule has 2 rings (SSSR count). The lowest BCUT2D eigenvalue weighted by molar-refractivity contribution is 0.0159. The topological polar surface area (TPSA) is 42.4 Å². The summed E-state index contributed by atoms with van der Waals surface area (Å²) in [7, 11) is 0. The van der Waals surface area contributed by atoms with E-state index in [0.29, 0.717) is 5.56 Å². The molecule has 104 valence electrons. The number of alkyl halides is 1. The van der Waals surface area contributed by atoms with Crippen LogP contribution in [-0.4, -0.2) is 46.9 Å². The standard InChI is InChI=1S/C14H19BrN2O2/c1-11-13(3-2-7-16-11)14(18)17-8-4-12(5-9-17)19-10-6-15/h2-3,7,12H,4-6,8-10H2,1H3. The van der Waals surface area contributed by atoms with Crippen molar-refractivity contribution in [2.45, 2.75) is 25.9 Å². The van der Waals surface area contributed by atoms with E-state index in [2.05, 4.69) is 20.9 Å². The number of carbonyl (C=O) groups excluding carboxylic acids is 1. The molecule has 0 aliphatic carbocycles. The second-order valence-electron chi connectivity index (χ2n) is 4.69. The van der Waals surface area contributed by atoms with Crippen molar-refractivity contribution in [1.82, 2.24) is 9.88 Å². The van der Waals surface area contributed by atoms with E-state index in [9.17, 15) is 4.79 Å². The van der Waals surface area contributed by atoms with Crippen LogP contribution in [0.25, 0.3) is 0 Å². The molecule has 1 aromatic heterocycles. The second-order valence-corrected chi connectivity index (χ2v) is 5.48. The highest BCUT2D eigenvalue weighted by molar-refractivity contribution is 9.09. The van der Waals surface area contributed by atoms with Gasteiger partial charge in [-0.15, -0.1) is 0 Å². The molecular formula is C14H19BrN2O2. The number of aromatic nitrogens is 1. The quantitative estimate of drug-likeness (QED) is 0.798. The molecule has 1 aromatic rings. The zero-order chi connectivity index (χ0) is 13.7. The molecular weight excluding hydrogens is 308 g/mol. The van der Waals surface area contributed by atoms with Crippen LogP contribution in [0.15, 0.2) is 18.3 Å². The Morgan fingerprint density at radius 1 is 1.53 bits per heavy atom. The molecule has 1 fully saturated rings. The SMILES string of the molecule is Cc1ncccc1C(=O)N1CCC(OCCBr)CC1. The predicted molar refractivity (Wildman–Crippen MR) is 77.6 cm³/mol. The molecule has 0 atom stereocenters. The minimum atomic E-state index is 0.0875. The molecule has 0 aromatic carbocycles. The third-order valence-electron chi connectivity index (χ3n) is 3.40. The van der Waals surface area contributed by atoms with Crippen molar-refractivity contribution >= 4 is 21.8 Å². The lowest BCUT2D eigenvalue weighted by Crippen LogP contribution is -2.41. The molecule has 0 unspecified atom stereocenters. The number of pyridine rings is 1. The summed E-state index contributed by atoms with van der Waals surface area (Å²) in [5.41, 5.74) is 1.51. The Morgan fingerprint density at radius 2 is 2.26 bits per heavy atom. The maximum absolute atomic E-state index is 12.4. The van der Waals surface area contributed by atoms with Gasteiger partial charge in [0, 0.05) is 30.3 Å². The fourth-order valence-corrected chi connectivity index (χ4v) is 2.50. The fraction of sp³-hybridized carbons (Fsp3) is 0.571. The van der Waals surface area contributed by atoms with E-state index in [4.69, 9.17) is 4.74 Å². The lowest BCUT2D eigenvalue weighted by atomic mass is 10.1. The fourth-order valence-electron chi connectivity index (χ4n) is 2.32. The summed E-state index contributed by atoms with van der Waals surface area (Å²) in [6.45, 7) is 4.14. The molecule has 5 heteroatoms. The van der Waals surface area contributed by atoms with Crippen LogP contribution in [0, 0.1) is 6.92 Å². The zero-order valence-corrected chi connectivity index (χ0v) is 12.7. The highest BCUT2D eigenvalue weighted by atomic mass is 79.9. The Morgan fingerprint density at radius 3 is 2.89 bits per heavy atom. The summed E-state index contributed by atoms with van der Waals surface area (Å²) in [5.74, 6) is 0.0875. The number of hydrogen-bond acceptors (Lipinski definition) is 3. The van der Waals surface area contributed by atoms with Crippen LogP contribution in [-0.2, 0) is 4.74 Å². The molecule has 0 bridgehead atoms. The number of ether oxygens (including phenoxy) is 1. The van der Waals surface area contributed by atoms with E-state index in [1.165, 1.54) is 0 Å². The van der Waals surface area contributed by atoms with Crippen LogP contribution in [0.2, 0.25) is 0 Å². The Labute approximate surface area is 122 Å². The van der Waals surface area contributed by atoms with Gasteiger partial charge in [0.15, 0.2) is 0 Å². The summed E-state index contributed by atoms with van der Waals surface area (Å²) >= 11 is 3.35. The Kier molecular flexibility index (Phi) is 5.34. The van der Waals surface area contributed by atoms with E-state index >= 15 is 0 Å². The first-order valence-electron chi connectivity index (χ1n) is 6.61. The molecule has 2 heterocycles. The third-order valence-corrected chi connectivity index (χ3v) is 3.72. The smallest absolute Gasteiger partial charge is 0.255 e. The number of halogens is 1. The average Bonchev–Trinajstić information content (AvgIpc) is 2.45.